The molecule has 5 nitrogen and oxygen atoms in total. The van der Waals surface area contributed by atoms with Gasteiger partial charge in [-0.25, -0.2) is 0 Å². The zero-order valence-electron chi connectivity index (χ0n) is 10.2. The highest BCUT2D eigenvalue weighted by Crippen LogP contribution is 1.97. The van der Waals surface area contributed by atoms with E-state index in [0.717, 1.165) is 30.9 Å². The molecule has 0 aliphatic carbocycles. The van der Waals surface area contributed by atoms with Gasteiger partial charge in [0.25, 0.3) is 0 Å². The highest BCUT2D eigenvalue weighted by atomic mass is 15.3. The van der Waals surface area contributed by atoms with Gasteiger partial charge in [0, 0.05) is 50.8 Å². The molecule has 0 saturated heterocycles. The first-order valence-corrected chi connectivity index (χ1v) is 5.71. The third kappa shape index (κ3) is 3.35. The third-order valence-corrected chi connectivity index (χ3v) is 2.62. The molecule has 0 radical (unpaired) electrons. The summed E-state index contributed by atoms with van der Waals surface area (Å²) in [7, 11) is 1.96. The van der Waals surface area contributed by atoms with Crippen molar-refractivity contribution in [1.82, 2.24) is 25.1 Å². The molecule has 0 aliphatic rings. The number of hydrogen-bond acceptors (Lipinski definition) is 4. The largest absolute Gasteiger partial charge is 0.311 e. The predicted molar refractivity (Wildman–Crippen MR) is 65.4 cm³/mol. The molecule has 0 amide bonds. The van der Waals surface area contributed by atoms with Gasteiger partial charge in [-0.2, -0.15) is 5.10 Å². The Bertz CT molecular complexity index is 460. The molecule has 2 heterocycles. The van der Waals surface area contributed by atoms with Crippen LogP contribution in [0.15, 0.2) is 24.7 Å². The molecule has 2 aromatic rings. The molecule has 0 spiro atoms. The Morgan fingerprint density at radius 2 is 2.18 bits per heavy atom. The molecule has 1 N–H and O–H groups in total. The van der Waals surface area contributed by atoms with E-state index in [2.05, 4.69) is 20.4 Å². The molecule has 0 saturated carbocycles. The fraction of sp³-hybridized carbons (Fsp3) is 0.417. The Morgan fingerprint density at radius 1 is 1.29 bits per heavy atom. The number of rotatable bonds is 5. The Labute approximate surface area is 101 Å². The fourth-order valence-electron chi connectivity index (χ4n) is 1.59. The summed E-state index contributed by atoms with van der Waals surface area (Å²) in [5, 5.41) is 7.47. The average molecular weight is 231 g/mol. The van der Waals surface area contributed by atoms with E-state index in [-0.39, 0.29) is 0 Å². The summed E-state index contributed by atoms with van der Waals surface area (Å²) in [5.41, 5.74) is 3.15. The number of hydrogen-bond donors (Lipinski definition) is 1. The molecule has 5 heteroatoms. The minimum absolute atomic E-state index is 0.755. The first-order valence-electron chi connectivity index (χ1n) is 5.71. The van der Waals surface area contributed by atoms with Crippen molar-refractivity contribution < 1.29 is 0 Å². The lowest BCUT2D eigenvalue weighted by atomic mass is 10.3. The van der Waals surface area contributed by atoms with Crippen LogP contribution in [0, 0.1) is 6.92 Å². The van der Waals surface area contributed by atoms with Gasteiger partial charge in [-0.05, 0) is 13.0 Å². The van der Waals surface area contributed by atoms with Crippen molar-refractivity contribution in [3.8, 4) is 0 Å². The van der Waals surface area contributed by atoms with Gasteiger partial charge in [0.1, 0.15) is 0 Å². The molecule has 0 bridgehead atoms. The second-order valence-corrected chi connectivity index (χ2v) is 4.02. The second-order valence-electron chi connectivity index (χ2n) is 4.02. The van der Waals surface area contributed by atoms with Crippen molar-refractivity contribution in [2.45, 2.75) is 19.9 Å². The van der Waals surface area contributed by atoms with E-state index in [9.17, 15) is 0 Å². The third-order valence-electron chi connectivity index (χ3n) is 2.62. The van der Waals surface area contributed by atoms with Gasteiger partial charge in [0.15, 0.2) is 0 Å². The summed E-state index contributed by atoms with van der Waals surface area (Å²) in [5.74, 6) is 0. The normalized spacial score (nSPS) is 10.7. The van der Waals surface area contributed by atoms with Crippen LogP contribution >= 0.6 is 0 Å². The molecule has 0 fully saturated rings. The first kappa shape index (κ1) is 11.7. The fourth-order valence-corrected chi connectivity index (χ4v) is 1.59. The molecule has 90 valence electrons. The van der Waals surface area contributed by atoms with Crippen LogP contribution in [0.25, 0.3) is 0 Å². The van der Waals surface area contributed by atoms with Gasteiger partial charge < -0.3 is 5.32 Å². The standard InChI is InChI=1S/C12H17N5/c1-10-7-15-11(9-14-10)8-13-5-3-12-4-6-16-17(12)2/h4,6-7,9,13H,3,5,8H2,1-2H3. The molecule has 0 atom stereocenters. The molecular weight excluding hydrogens is 214 g/mol. The van der Waals surface area contributed by atoms with Gasteiger partial charge in [-0.3, -0.25) is 14.6 Å². The number of aromatic nitrogens is 4. The van der Waals surface area contributed by atoms with Crippen LogP contribution in [0.1, 0.15) is 17.1 Å². The van der Waals surface area contributed by atoms with Crippen molar-refractivity contribution in [2.75, 3.05) is 6.54 Å². The predicted octanol–water partition coefficient (Wildman–Crippen LogP) is 0.851. The van der Waals surface area contributed by atoms with E-state index in [1.165, 1.54) is 5.69 Å². The molecule has 0 unspecified atom stereocenters. The summed E-state index contributed by atoms with van der Waals surface area (Å²) >= 11 is 0. The zero-order valence-corrected chi connectivity index (χ0v) is 10.2. The van der Waals surface area contributed by atoms with Gasteiger partial charge in [0.2, 0.25) is 0 Å². The molecule has 2 aromatic heterocycles. The van der Waals surface area contributed by atoms with Crippen LogP contribution < -0.4 is 5.32 Å². The molecule has 2 rings (SSSR count). The minimum Gasteiger partial charge on any atom is -0.311 e. The van der Waals surface area contributed by atoms with E-state index in [1.54, 1.807) is 6.20 Å². The van der Waals surface area contributed by atoms with Crippen molar-refractivity contribution >= 4 is 0 Å². The van der Waals surface area contributed by atoms with Crippen LogP contribution in [0.3, 0.4) is 0 Å². The maximum Gasteiger partial charge on any atom is 0.0724 e. The van der Waals surface area contributed by atoms with Crippen molar-refractivity contribution in [1.29, 1.82) is 0 Å². The van der Waals surface area contributed by atoms with Gasteiger partial charge in [0.05, 0.1) is 11.4 Å². The van der Waals surface area contributed by atoms with Crippen LogP contribution in [0.2, 0.25) is 0 Å². The number of nitrogens with zero attached hydrogens (tertiary/aromatic N) is 4. The smallest absolute Gasteiger partial charge is 0.0724 e. The van der Waals surface area contributed by atoms with E-state index in [0.29, 0.717) is 0 Å². The summed E-state index contributed by atoms with van der Waals surface area (Å²) in [6.07, 6.45) is 6.39. The maximum atomic E-state index is 4.29. The Morgan fingerprint density at radius 3 is 2.82 bits per heavy atom. The van der Waals surface area contributed by atoms with E-state index < -0.39 is 0 Å². The van der Waals surface area contributed by atoms with Gasteiger partial charge in [-0.15, -0.1) is 0 Å². The van der Waals surface area contributed by atoms with Crippen LogP contribution in [-0.2, 0) is 20.0 Å². The van der Waals surface area contributed by atoms with Crippen molar-refractivity contribution in [3.05, 3.63) is 41.7 Å². The highest BCUT2D eigenvalue weighted by Gasteiger charge is 1.98. The van der Waals surface area contributed by atoms with Crippen LogP contribution in [0.4, 0.5) is 0 Å². The van der Waals surface area contributed by atoms with Gasteiger partial charge >= 0.3 is 0 Å². The topological polar surface area (TPSA) is 55.6 Å². The lowest BCUT2D eigenvalue weighted by Gasteiger charge is -2.04. The van der Waals surface area contributed by atoms with Crippen LogP contribution in [-0.4, -0.2) is 26.3 Å². The SMILES string of the molecule is Cc1cnc(CNCCc2ccnn2C)cn1. The number of aryl methyl sites for hydroxylation is 2. The zero-order chi connectivity index (χ0) is 12.1. The van der Waals surface area contributed by atoms with E-state index in [1.807, 2.05) is 37.1 Å². The van der Waals surface area contributed by atoms with Gasteiger partial charge in [-0.1, -0.05) is 0 Å². The molecule has 0 aromatic carbocycles. The monoisotopic (exact) mass is 231 g/mol. The summed E-state index contributed by atoms with van der Waals surface area (Å²) in [4.78, 5) is 8.49. The van der Waals surface area contributed by atoms with E-state index >= 15 is 0 Å². The average Bonchev–Trinajstić information content (AvgIpc) is 2.73. The Balaban J connectivity index is 1.73. The molecule has 0 aliphatic heterocycles. The highest BCUT2D eigenvalue weighted by molar-refractivity contribution is 5.02. The van der Waals surface area contributed by atoms with Crippen molar-refractivity contribution in [2.24, 2.45) is 7.05 Å². The Kier molecular flexibility index (Phi) is 3.82. The molecular formula is C12H17N5. The first-order chi connectivity index (χ1) is 8.25. The summed E-state index contributed by atoms with van der Waals surface area (Å²) in [6.45, 7) is 3.60. The van der Waals surface area contributed by atoms with E-state index in [4.69, 9.17) is 0 Å². The maximum absolute atomic E-state index is 4.29. The van der Waals surface area contributed by atoms with Crippen molar-refractivity contribution in [3.63, 3.8) is 0 Å². The number of nitrogens with one attached hydrogen (secondary N) is 1. The minimum atomic E-state index is 0.755. The summed E-state index contributed by atoms with van der Waals surface area (Å²) < 4.78 is 1.90. The lowest BCUT2D eigenvalue weighted by Crippen LogP contribution is -2.18. The second kappa shape index (κ2) is 5.54. The molecule has 17 heavy (non-hydrogen) atoms. The quantitative estimate of drug-likeness (QED) is 0.775. The van der Waals surface area contributed by atoms with Crippen LogP contribution in [0.5, 0.6) is 0 Å². The Hall–Kier alpha value is -1.75. The summed E-state index contributed by atoms with van der Waals surface area (Å²) in [6, 6.07) is 2.04. The lowest BCUT2D eigenvalue weighted by molar-refractivity contribution is 0.635.